The van der Waals surface area contributed by atoms with Crippen LogP contribution in [-0.4, -0.2) is 23.2 Å². The van der Waals surface area contributed by atoms with E-state index in [1.807, 2.05) is 18.2 Å². The van der Waals surface area contributed by atoms with Gasteiger partial charge in [0.1, 0.15) is 11.6 Å². The van der Waals surface area contributed by atoms with Crippen molar-refractivity contribution in [2.24, 2.45) is 0 Å². The number of benzene rings is 2. The molecule has 1 fully saturated rings. The minimum Gasteiger partial charge on any atom is -0.496 e. The number of carbonyl (C=O) groups is 1. The standard InChI is InChI=1S/C21H19FN2O4/c1-26-17-6-3-2-5-16(17)19-23-18(28-24-19)13-27-20(25)21(11-4-12-21)14-7-9-15(22)10-8-14/h2-3,5-10H,4,11-13H2,1H3. The van der Waals surface area contributed by atoms with E-state index in [1.165, 1.54) is 12.1 Å². The Morgan fingerprint density at radius 1 is 1.18 bits per heavy atom. The molecule has 7 heteroatoms. The topological polar surface area (TPSA) is 74.5 Å². The number of hydrogen-bond donors (Lipinski definition) is 0. The van der Waals surface area contributed by atoms with Crippen molar-refractivity contribution in [2.75, 3.05) is 7.11 Å². The molecule has 3 aromatic rings. The molecule has 0 bridgehead atoms. The molecule has 0 atom stereocenters. The number of esters is 1. The van der Waals surface area contributed by atoms with Gasteiger partial charge in [-0.2, -0.15) is 4.98 Å². The molecule has 1 aliphatic rings. The van der Waals surface area contributed by atoms with Crippen LogP contribution in [0.5, 0.6) is 5.75 Å². The summed E-state index contributed by atoms with van der Waals surface area (Å²) >= 11 is 0. The Balaban J connectivity index is 1.47. The summed E-state index contributed by atoms with van der Waals surface area (Å²) in [5.41, 5.74) is 0.734. The highest BCUT2D eigenvalue weighted by molar-refractivity contribution is 5.84. The summed E-state index contributed by atoms with van der Waals surface area (Å²) in [7, 11) is 1.56. The molecular formula is C21H19FN2O4. The first-order valence-corrected chi connectivity index (χ1v) is 9.02. The van der Waals surface area contributed by atoms with Gasteiger partial charge in [-0.25, -0.2) is 4.39 Å². The van der Waals surface area contributed by atoms with Crippen LogP contribution in [0.4, 0.5) is 4.39 Å². The van der Waals surface area contributed by atoms with Gasteiger partial charge < -0.3 is 14.0 Å². The zero-order valence-electron chi connectivity index (χ0n) is 15.4. The van der Waals surface area contributed by atoms with E-state index in [-0.39, 0.29) is 24.3 Å². The largest absolute Gasteiger partial charge is 0.496 e. The van der Waals surface area contributed by atoms with Crippen molar-refractivity contribution in [3.05, 3.63) is 65.8 Å². The number of hydrogen-bond acceptors (Lipinski definition) is 6. The molecule has 28 heavy (non-hydrogen) atoms. The maximum absolute atomic E-state index is 13.2. The molecule has 0 saturated heterocycles. The van der Waals surface area contributed by atoms with Gasteiger partial charge in [-0.1, -0.05) is 35.8 Å². The number of halogens is 1. The molecule has 1 aromatic heterocycles. The third-order valence-electron chi connectivity index (χ3n) is 5.14. The lowest BCUT2D eigenvalue weighted by molar-refractivity contribution is -0.156. The normalized spacial score (nSPS) is 14.9. The molecule has 0 unspecified atom stereocenters. The zero-order chi connectivity index (χ0) is 19.6. The predicted molar refractivity (Wildman–Crippen MR) is 98.0 cm³/mol. The minimum absolute atomic E-state index is 0.121. The van der Waals surface area contributed by atoms with Gasteiger partial charge >= 0.3 is 5.97 Å². The maximum atomic E-state index is 13.2. The van der Waals surface area contributed by atoms with E-state index in [2.05, 4.69) is 10.1 Å². The molecule has 144 valence electrons. The Morgan fingerprint density at radius 2 is 1.93 bits per heavy atom. The summed E-state index contributed by atoms with van der Waals surface area (Å²) in [6.45, 7) is -0.121. The fourth-order valence-corrected chi connectivity index (χ4v) is 3.43. The number of methoxy groups -OCH3 is 1. The number of para-hydroxylation sites is 1. The lowest BCUT2D eigenvalue weighted by Crippen LogP contribution is -2.43. The summed E-state index contributed by atoms with van der Waals surface area (Å²) in [6.07, 6.45) is 2.27. The fourth-order valence-electron chi connectivity index (χ4n) is 3.43. The summed E-state index contributed by atoms with van der Waals surface area (Å²) < 4.78 is 29.2. The van der Waals surface area contributed by atoms with E-state index in [1.54, 1.807) is 25.3 Å². The van der Waals surface area contributed by atoms with Crippen LogP contribution in [0.2, 0.25) is 0 Å². The van der Waals surface area contributed by atoms with Crippen molar-refractivity contribution >= 4 is 5.97 Å². The van der Waals surface area contributed by atoms with Gasteiger partial charge in [0, 0.05) is 0 Å². The van der Waals surface area contributed by atoms with Crippen LogP contribution in [0, 0.1) is 5.82 Å². The van der Waals surface area contributed by atoms with Gasteiger partial charge in [0.15, 0.2) is 6.61 Å². The second-order valence-corrected chi connectivity index (χ2v) is 6.73. The summed E-state index contributed by atoms with van der Waals surface area (Å²) in [6, 6.07) is 13.3. The van der Waals surface area contributed by atoms with Crippen molar-refractivity contribution in [3.63, 3.8) is 0 Å². The first kappa shape index (κ1) is 18.2. The van der Waals surface area contributed by atoms with Crippen molar-refractivity contribution in [2.45, 2.75) is 31.3 Å². The van der Waals surface area contributed by atoms with E-state index < -0.39 is 5.41 Å². The highest BCUT2D eigenvalue weighted by Crippen LogP contribution is 2.45. The number of ether oxygens (including phenoxy) is 2. The predicted octanol–water partition coefficient (Wildman–Crippen LogP) is 4.05. The van der Waals surface area contributed by atoms with Crippen LogP contribution in [0.3, 0.4) is 0 Å². The van der Waals surface area contributed by atoms with Crippen LogP contribution in [0.15, 0.2) is 53.1 Å². The van der Waals surface area contributed by atoms with Gasteiger partial charge in [-0.05, 0) is 42.7 Å². The second kappa shape index (κ2) is 7.42. The Labute approximate surface area is 161 Å². The lowest BCUT2D eigenvalue weighted by atomic mass is 9.64. The van der Waals surface area contributed by atoms with Crippen LogP contribution >= 0.6 is 0 Å². The van der Waals surface area contributed by atoms with Crippen molar-refractivity contribution in [1.82, 2.24) is 10.1 Å². The molecule has 4 rings (SSSR count). The first-order valence-electron chi connectivity index (χ1n) is 9.02. The maximum Gasteiger partial charge on any atom is 0.317 e. The third-order valence-corrected chi connectivity index (χ3v) is 5.14. The quantitative estimate of drug-likeness (QED) is 0.599. The molecule has 6 nitrogen and oxygen atoms in total. The fraction of sp³-hybridized carbons (Fsp3) is 0.286. The summed E-state index contributed by atoms with van der Waals surface area (Å²) in [4.78, 5) is 17.0. The molecule has 0 N–H and O–H groups in total. The number of nitrogens with zero attached hydrogens (tertiary/aromatic N) is 2. The summed E-state index contributed by atoms with van der Waals surface area (Å²) in [5, 5.41) is 3.94. The Kier molecular flexibility index (Phi) is 4.81. The smallest absolute Gasteiger partial charge is 0.317 e. The molecule has 0 radical (unpaired) electrons. The van der Waals surface area contributed by atoms with E-state index in [0.29, 0.717) is 30.0 Å². The van der Waals surface area contributed by atoms with Crippen LogP contribution in [-0.2, 0) is 21.6 Å². The molecule has 0 aliphatic heterocycles. The first-order chi connectivity index (χ1) is 13.6. The minimum atomic E-state index is -0.723. The lowest BCUT2D eigenvalue weighted by Gasteiger charge is -2.39. The van der Waals surface area contributed by atoms with Crippen molar-refractivity contribution in [3.8, 4) is 17.1 Å². The summed E-state index contributed by atoms with van der Waals surface area (Å²) in [5.74, 6) is 0.489. The van der Waals surface area contributed by atoms with Crippen molar-refractivity contribution in [1.29, 1.82) is 0 Å². The average Bonchev–Trinajstić information content (AvgIpc) is 3.16. The zero-order valence-corrected chi connectivity index (χ0v) is 15.4. The number of carbonyl (C=O) groups excluding carboxylic acids is 1. The SMILES string of the molecule is COc1ccccc1-c1noc(COC(=O)C2(c3ccc(F)cc3)CCC2)n1. The van der Waals surface area contributed by atoms with E-state index in [0.717, 1.165) is 12.0 Å². The second-order valence-electron chi connectivity index (χ2n) is 6.73. The van der Waals surface area contributed by atoms with Gasteiger partial charge in [0.25, 0.3) is 5.89 Å². The van der Waals surface area contributed by atoms with Crippen LogP contribution in [0.25, 0.3) is 11.4 Å². The van der Waals surface area contributed by atoms with E-state index in [9.17, 15) is 9.18 Å². The Hall–Kier alpha value is -3.22. The molecule has 1 heterocycles. The molecular weight excluding hydrogens is 363 g/mol. The highest BCUT2D eigenvalue weighted by Gasteiger charge is 2.47. The number of rotatable bonds is 6. The average molecular weight is 382 g/mol. The van der Waals surface area contributed by atoms with Crippen LogP contribution < -0.4 is 4.74 Å². The van der Waals surface area contributed by atoms with Crippen molar-refractivity contribution < 1.29 is 23.2 Å². The van der Waals surface area contributed by atoms with Gasteiger partial charge in [0.05, 0.1) is 18.1 Å². The monoisotopic (exact) mass is 382 g/mol. The molecule has 2 aromatic carbocycles. The van der Waals surface area contributed by atoms with Gasteiger partial charge in [-0.3, -0.25) is 4.79 Å². The van der Waals surface area contributed by atoms with Gasteiger partial charge in [0.2, 0.25) is 5.82 Å². The molecule has 1 saturated carbocycles. The van der Waals surface area contributed by atoms with Gasteiger partial charge in [-0.15, -0.1) is 0 Å². The van der Waals surface area contributed by atoms with Crippen LogP contribution in [0.1, 0.15) is 30.7 Å². The van der Waals surface area contributed by atoms with E-state index in [4.69, 9.17) is 14.0 Å². The molecule has 0 amide bonds. The third kappa shape index (κ3) is 3.24. The van der Waals surface area contributed by atoms with E-state index >= 15 is 0 Å². The molecule has 0 spiro atoms. The molecule has 1 aliphatic carbocycles. The Bertz CT molecular complexity index is 980. The highest BCUT2D eigenvalue weighted by atomic mass is 19.1. The number of aromatic nitrogens is 2. The Morgan fingerprint density at radius 3 is 2.61 bits per heavy atom.